The van der Waals surface area contributed by atoms with Crippen LogP contribution in [0.25, 0.3) is 22.0 Å². The summed E-state index contributed by atoms with van der Waals surface area (Å²) in [6.07, 6.45) is 0.261. The largest absolute Gasteiger partial charge is 0.433 e. The van der Waals surface area contributed by atoms with E-state index in [4.69, 9.17) is 4.74 Å². The molecule has 188 valence electrons. The molecule has 4 heterocycles. The Morgan fingerprint density at radius 2 is 2.11 bits per heavy atom. The first-order valence-electron chi connectivity index (χ1n) is 11.3. The maximum Gasteiger partial charge on any atom is 0.433 e. The van der Waals surface area contributed by atoms with E-state index >= 15 is 0 Å². The van der Waals surface area contributed by atoms with Crippen LogP contribution in [0.3, 0.4) is 0 Å². The maximum absolute atomic E-state index is 13.3. The van der Waals surface area contributed by atoms with Gasteiger partial charge in [-0.2, -0.15) is 23.4 Å². The molecule has 9 nitrogen and oxygen atoms in total. The number of nitrogens with one attached hydrogen (secondary N) is 2. The molecule has 2 N–H and O–H groups in total. The molecule has 1 fully saturated rings. The smallest absolute Gasteiger partial charge is 0.378 e. The number of aromatic amines is 1. The highest BCUT2D eigenvalue weighted by atomic mass is 32.1. The Morgan fingerprint density at radius 1 is 1.31 bits per heavy atom. The molecule has 1 aliphatic carbocycles. The third kappa shape index (κ3) is 4.75. The van der Waals surface area contributed by atoms with Gasteiger partial charge in [0.15, 0.2) is 0 Å². The number of anilines is 1. The van der Waals surface area contributed by atoms with Crippen molar-refractivity contribution in [3.63, 3.8) is 0 Å². The summed E-state index contributed by atoms with van der Waals surface area (Å²) in [5, 5.41) is 16.3. The minimum atomic E-state index is -4.61. The Morgan fingerprint density at radius 3 is 2.81 bits per heavy atom. The zero-order valence-electron chi connectivity index (χ0n) is 19.3. The minimum absolute atomic E-state index is 0.00620. The van der Waals surface area contributed by atoms with E-state index < -0.39 is 17.8 Å². The molecular weight excluding hydrogens is 495 g/mol. The van der Waals surface area contributed by atoms with Crippen molar-refractivity contribution < 1.29 is 22.7 Å². The molecule has 0 bridgehead atoms. The molecule has 1 saturated carbocycles. The number of carbonyl (C=O) groups is 1. The standard InChI is InChI=1S/C23H22F3N7O2S/c1-3-35-14-7-13(8-14)33-10-17(20(32-33)16-5-4-6-19(28-16)23(24,25)26)29-21(34)18-11-36-22(30-18)15-9-27-31-12(15)2/h4-6,9-11,13-14H,3,7-8H2,1-2H3,(H,27,31)(H,29,34). The predicted molar refractivity (Wildman–Crippen MR) is 127 cm³/mol. The molecule has 4 aromatic heterocycles. The number of aromatic nitrogens is 6. The van der Waals surface area contributed by atoms with Crippen molar-refractivity contribution >= 4 is 22.9 Å². The molecule has 0 radical (unpaired) electrons. The summed E-state index contributed by atoms with van der Waals surface area (Å²) in [5.41, 5.74) is 1.08. The molecule has 0 aromatic carbocycles. The second-order valence-corrected chi connectivity index (χ2v) is 9.21. The van der Waals surface area contributed by atoms with E-state index in [1.54, 1.807) is 22.5 Å². The first kappa shape index (κ1) is 24.1. The number of alkyl halides is 3. The fraction of sp³-hybridized carbons (Fsp3) is 0.348. The second-order valence-electron chi connectivity index (χ2n) is 8.36. The third-order valence-electron chi connectivity index (χ3n) is 5.91. The lowest BCUT2D eigenvalue weighted by atomic mass is 9.89. The molecule has 4 aromatic rings. The number of hydrogen-bond donors (Lipinski definition) is 2. The van der Waals surface area contributed by atoms with Gasteiger partial charge in [0.2, 0.25) is 0 Å². The van der Waals surface area contributed by atoms with Gasteiger partial charge >= 0.3 is 6.18 Å². The molecule has 0 aliphatic heterocycles. The number of rotatable bonds is 7. The fourth-order valence-electron chi connectivity index (χ4n) is 3.97. The molecule has 1 amide bonds. The summed E-state index contributed by atoms with van der Waals surface area (Å²) < 4.78 is 47.1. The van der Waals surface area contributed by atoms with Gasteiger partial charge in [-0.15, -0.1) is 11.3 Å². The SMILES string of the molecule is CCOC1CC(n2cc(NC(=O)c3csc(-c4c[nH]nc4C)n3)c(-c3cccc(C(F)(F)F)n3)n2)C1. The number of amides is 1. The number of thiazole rings is 1. The Bertz CT molecular complexity index is 1390. The first-order chi connectivity index (χ1) is 17.2. The summed E-state index contributed by atoms with van der Waals surface area (Å²) in [6.45, 7) is 4.35. The van der Waals surface area contributed by atoms with Gasteiger partial charge in [0, 0.05) is 24.4 Å². The molecule has 0 atom stereocenters. The van der Waals surface area contributed by atoms with E-state index in [1.165, 1.54) is 23.5 Å². The lowest BCUT2D eigenvalue weighted by Gasteiger charge is -2.34. The van der Waals surface area contributed by atoms with Crippen molar-refractivity contribution in [2.75, 3.05) is 11.9 Å². The predicted octanol–water partition coefficient (Wildman–Crippen LogP) is 5.11. The van der Waals surface area contributed by atoms with E-state index in [0.717, 1.165) is 30.2 Å². The Balaban J connectivity index is 1.44. The lowest BCUT2D eigenvalue weighted by molar-refractivity contribution is -0.141. The maximum atomic E-state index is 13.3. The quantitative estimate of drug-likeness (QED) is 0.352. The highest BCUT2D eigenvalue weighted by Crippen LogP contribution is 2.38. The van der Waals surface area contributed by atoms with Crippen LogP contribution < -0.4 is 5.32 Å². The van der Waals surface area contributed by atoms with Crippen molar-refractivity contribution in [1.29, 1.82) is 0 Å². The number of aryl methyl sites for hydroxylation is 1. The topological polar surface area (TPSA) is 111 Å². The third-order valence-corrected chi connectivity index (χ3v) is 6.78. The van der Waals surface area contributed by atoms with Crippen LogP contribution in [0.1, 0.15) is 47.7 Å². The lowest BCUT2D eigenvalue weighted by Crippen LogP contribution is -2.33. The number of pyridine rings is 1. The van der Waals surface area contributed by atoms with Crippen LogP contribution in [0.15, 0.2) is 36.0 Å². The van der Waals surface area contributed by atoms with Gasteiger partial charge in [0.05, 0.1) is 34.8 Å². The normalized spacial score (nSPS) is 17.7. The molecule has 13 heteroatoms. The summed E-state index contributed by atoms with van der Waals surface area (Å²) in [6, 6.07) is 3.60. The molecule has 1 aliphatic rings. The van der Waals surface area contributed by atoms with Crippen LogP contribution in [0.5, 0.6) is 0 Å². The van der Waals surface area contributed by atoms with Crippen molar-refractivity contribution in [2.45, 2.75) is 45.0 Å². The number of ether oxygens (including phenoxy) is 1. The number of carbonyl (C=O) groups excluding carboxylic acids is 1. The Kier molecular flexibility index (Phi) is 6.35. The highest BCUT2D eigenvalue weighted by Gasteiger charge is 2.35. The van der Waals surface area contributed by atoms with Gasteiger partial charge in [0.1, 0.15) is 22.1 Å². The second kappa shape index (κ2) is 9.47. The molecule has 0 spiro atoms. The van der Waals surface area contributed by atoms with Crippen molar-refractivity contribution in [3.05, 3.63) is 53.1 Å². The number of halogens is 3. The molecule has 36 heavy (non-hydrogen) atoms. The van der Waals surface area contributed by atoms with Crippen LogP contribution in [0, 0.1) is 6.92 Å². The fourth-order valence-corrected chi connectivity index (χ4v) is 4.84. The van der Waals surface area contributed by atoms with Crippen LogP contribution in [-0.4, -0.2) is 48.6 Å². The zero-order valence-corrected chi connectivity index (χ0v) is 20.2. The van der Waals surface area contributed by atoms with Crippen molar-refractivity contribution in [3.8, 4) is 22.0 Å². The van der Waals surface area contributed by atoms with Gasteiger partial charge in [-0.25, -0.2) is 9.97 Å². The monoisotopic (exact) mass is 517 g/mol. The number of H-pyrrole nitrogens is 1. The first-order valence-corrected chi connectivity index (χ1v) is 12.1. The summed E-state index contributed by atoms with van der Waals surface area (Å²) in [7, 11) is 0. The molecule has 0 saturated heterocycles. The molecular formula is C23H22F3N7O2S. The van der Waals surface area contributed by atoms with E-state index in [-0.39, 0.29) is 34.9 Å². The van der Waals surface area contributed by atoms with Crippen LogP contribution in [0.4, 0.5) is 18.9 Å². The van der Waals surface area contributed by atoms with E-state index in [9.17, 15) is 18.0 Å². The highest BCUT2D eigenvalue weighted by molar-refractivity contribution is 7.13. The molecule has 5 rings (SSSR count). The van der Waals surface area contributed by atoms with Crippen LogP contribution in [0.2, 0.25) is 0 Å². The van der Waals surface area contributed by atoms with Gasteiger partial charge in [-0.3, -0.25) is 14.6 Å². The van der Waals surface area contributed by atoms with Crippen LogP contribution in [-0.2, 0) is 10.9 Å². The Labute approximate surface area is 207 Å². The van der Waals surface area contributed by atoms with E-state index in [1.807, 2.05) is 13.8 Å². The average molecular weight is 518 g/mol. The van der Waals surface area contributed by atoms with Gasteiger partial charge in [0.25, 0.3) is 5.91 Å². The van der Waals surface area contributed by atoms with Crippen LogP contribution >= 0.6 is 11.3 Å². The van der Waals surface area contributed by atoms with Gasteiger partial charge < -0.3 is 10.1 Å². The summed E-state index contributed by atoms with van der Waals surface area (Å²) in [5.74, 6) is -0.507. The summed E-state index contributed by atoms with van der Waals surface area (Å²) >= 11 is 1.29. The summed E-state index contributed by atoms with van der Waals surface area (Å²) in [4.78, 5) is 21.2. The number of hydrogen-bond acceptors (Lipinski definition) is 7. The molecule has 0 unspecified atom stereocenters. The van der Waals surface area contributed by atoms with Gasteiger partial charge in [-0.05, 0) is 38.8 Å². The zero-order chi connectivity index (χ0) is 25.4. The van der Waals surface area contributed by atoms with Crippen molar-refractivity contribution in [1.82, 2.24) is 29.9 Å². The minimum Gasteiger partial charge on any atom is -0.378 e. The Hall–Kier alpha value is -3.58. The van der Waals surface area contributed by atoms with E-state index in [2.05, 4.69) is 30.6 Å². The number of nitrogens with zero attached hydrogens (tertiary/aromatic N) is 5. The van der Waals surface area contributed by atoms with Gasteiger partial charge in [-0.1, -0.05) is 6.07 Å². The average Bonchev–Trinajstić information content (AvgIpc) is 3.55. The van der Waals surface area contributed by atoms with E-state index in [0.29, 0.717) is 11.6 Å². The van der Waals surface area contributed by atoms with Crippen molar-refractivity contribution in [2.24, 2.45) is 0 Å².